The number of H-pyrrole nitrogens is 1. The molecule has 7 rings (SSSR count). The molecule has 0 unspecified atom stereocenters. The number of nitrogens with one attached hydrogen (secondary N) is 8. The van der Waals surface area contributed by atoms with Crippen molar-refractivity contribution in [3.8, 4) is 5.75 Å². The molecule has 0 aliphatic heterocycles. The minimum Gasteiger partial charge on any atom is -0.508 e. The van der Waals surface area contributed by atoms with Gasteiger partial charge >= 0.3 is 0 Å². The Hall–Kier alpha value is -8.70. The molecule has 15 N–H and O–H groups in total. The quantitative estimate of drug-likeness (QED) is 0.0219. The van der Waals surface area contributed by atoms with E-state index in [0.29, 0.717) is 35.1 Å². The van der Waals surface area contributed by atoms with Gasteiger partial charge in [0.1, 0.15) is 48.0 Å². The van der Waals surface area contributed by atoms with Gasteiger partial charge in [-0.05, 0) is 94.9 Å². The van der Waals surface area contributed by atoms with Crippen molar-refractivity contribution < 1.29 is 43.5 Å². The van der Waals surface area contributed by atoms with E-state index in [1.54, 1.807) is 56.4 Å². The number of thiol groups is 2. The van der Waals surface area contributed by atoms with Gasteiger partial charge in [0.15, 0.2) is 0 Å². The minimum absolute atomic E-state index is 0.0425. The van der Waals surface area contributed by atoms with Gasteiger partial charge in [-0.25, -0.2) is 0 Å². The summed E-state index contributed by atoms with van der Waals surface area (Å²) in [5.41, 5.74) is 22.4. The van der Waals surface area contributed by atoms with Gasteiger partial charge in [0, 0.05) is 47.4 Å². The zero-order valence-electron chi connectivity index (χ0n) is 48.5. The maximum atomic E-state index is 15.0. The van der Waals surface area contributed by atoms with Crippen molar-refractivity contribution in [2.45, 2.75) is 107 Å². The average Bonchev–Trinajstić information content (AvgIpc) is 4.15. The first-order valence-corrected chi connectivity index (χ1v) is 30.1. The van der Waals surface area contributed by atoms with Crippen molar-refractivity contribution in [3.05, 3.63) is 186 Å². The molecule has 8 atom stereocenters. The minimum atomic E-state index is -1.40. The third-order valence-electron chi connectivity index (χ3n) is 15.1. The number of phenols is 1. The topological polar surface area (TPSA) is 335 Å². The summed E-state index contributed by atoms with van der Waals surface area (Å²) in [5.74, 6) is -7.80. The number of aromatic hydroxyl groups is 1. The molecule has 8 amide bonds. The number of aromatic nitrogens is 1. The Morgan fingerprint density at radius 3 is 1.60 bits per heavy atom. The van der Waals surface area contributed by atoms with E-state index in [-0.39, 0.29) is 49.5 Å². The van der Waals surface area contributed by atoms with Gasteiger partial charge in [-0.3, -0.25) is 38.4 Å². The lowest BCUT2D eigenvalue weighted by atomic mass is 9.84. The number of hydrogen-bond acceptors (Lipinski definition) is 13. The summed E-state index contributed by atoms with van der Waals surface area (Å²) in [5, 5.41) is 32.2. The summed E-state index contributed by atoms with van der Waals surface area (Å²) in [4.78, 5) is 117. The van der Waals surface area contributed by atoms with Crippen molar-refractivity contribution in [2.75, 3.05) is 18.1 Å². The predicted octanol–water partition coefficient (Wildman–Crippen LogP) is 3.74. The van der Waals surface area contributed by atoms with Crippen molar-refractivity contribution in [2.24, 2.45) is 23.1 Å². The van der Waals surface area contributed by atoms with Crippen molar-refractivity contribution in [1.82, 2.24) is 42.2 Å². The fourth-order valence-corrected chi connectivity index (χ4v) is 10.8. The number of unbranched alkanes of at least 4 members (excludes halogenated alkanes) is 1. The highest BCUT2D eigenvalue weighted by molar-refractivity contribution is 7.80. The van der Waals surface area contributed by atoms with Crippen LogP contribution in [0.5, 0.6) is 5.75 Å². The fraction of sp³-hybridized carbons (Fsp3) is 0.323. The third kappa shape index (κ3) is 18.4. The van der Waals surface area contributed by atoms with E-state index in [1.807, 2.05) is 103 Å². The first-order valence-electron chi connectivity index (χ1n) is 28.9. The molecule has 87 heavy (non-hydrogen) atoms. The molecule has 0 saturated heterocycles. The highest BCUT2D eigenvalue weighted by atomic mass is 32.1. The Morgan fingerprint density at radius 1 is 0.506 bits per heavy atom. The maximum absolute atomic E-state index is 15.0. The summed E-state index contributed by atoms with van der Waals surface area (Å²) in [7, 11) is 0. The molecule has 6 aromatic carbocycles. The number of rotatable bonds is 31. The Labute approximate surface area is 516 Å². The average molecular weight is 1220 g/mol. The number of amides is 8. The Morgan fingerprint density at radius 2 is 1.00 bits per heavy atom. The van der Waals surface area contributed by atoms with E-state index >= 15 is 0 Å². The van der Waals surface area contributed by atoms with E-state index < -0.39 is 107 Å². The smallest absolute Gasteiger partial charge is 0.244 e. The first-order chi connectivity index (χ1) is 41.9. The number of nitrogens with two attached hydrogens (primary N) is 3. The summed E-state index contributed by atoms with van der Waals surface area (Å²) in [6.45, 7) is 3.64. The third-order valence-corrected chi connectivity index (χ3v) is 15.8. The van der Waals surface area contributed by atoms with Crippen molar-refractivity contribution >= 4 is 94.2 Å². The number of aromatic amines is 1. The van der Waals surface area contributed by atoms with Gasteiger partial charge in [-0.2, -0.15) is 25.3 Å². The normalized spacial score (nSPS) is 14.1. The molecule has 0 radical (unpaired) electrons. The van der Waals surface area contributed by atoms with E-state index in [0.717, 1.165) is 27.2 Å². The zero-order valence-corrected chi connectivity index (χ0v) is 50.3. The Balaban J connectivity index is 1.09. The molecule has 20 nitrogen and oxygen atoms in total. The molecule has 0 aliphatic carbocycles. The number of carbonyl (C=O) groups is 8. The summed E-state index contributed by atoms with van der Waals surface area (Å²) in [6.07, 6.45) is 2.50. The molecular weight excluding hydrogens is 1140 g/mol. The van der Waals surface area contributed by atoms with Crippen LogP contribution in [-0.4, -0.2) is 124 Å². The molecule has 7 aromatic rings. The van der Waals surface area contributed by atoms with Crippen LogP contribution in [0.1, 0.15) is 66.8 Å². The number of para-hydroxylation sites is 1. The van der Waals surface area contributed by atoms with E-state index in [9.17, 15) is 43.5 Å². The molecule has 1 aromatic heterocycles. The molecule has 0 bridgehead atoms. The maximum Gasteiger partial charge on any atom is 0.244 e. The van der Waals surface area contributed by atoms with Crippen LogP contribution in [0.3, 0.4) is 0 Å². The SMILES string of the molecule is CC(C)[C@H](NC(=O)[C@H](CCCCN)NC(=O)[C@@H](Cc1c[nH]c2ccccc12)NC(=O)[C@H](Cc1ccc(O)cc1)NC(=O)[C@@H](CS)NC(=O)[C@@H](N)Cc1ccc2ccccc2c1)C(=O)N[C@@H](CS)C(=O)N[C@@H](C(N)=O)C(c1ccccc1)c1ccccc1. The molecule has 0 aliphatic rings. The predicted molar refractivity (Wildman–Crippen MR) is 342 cm³/mol. The lowest BCUT2D eigenvalue weighted by molar-refractivity contribution is -0.136. The number of benzene rings is 6. The molecule has 1 heterocycles. The molecular formula is C65H77N11O9S2. The first kappa shape index (κ1) is 65.8. The zero-order chi connectivity index (χ0) is 62.6. The van der Waals surface area contributed by atoms with E-state index in [1.165, 1.54) is 12.1 Å². The lowest BCUT2D eigenvalue weighted by Gasteiger charge is -2.30. The highest BCUT2D eigenvalue weighted by Gasteiger charge is 2.37. The lowest BCUT2D eigenvalue weighted by Crippen LogP contribution is -2.61. The number of hydrogen-bond donors (Lipinski definition) is 14. The second-order valence-corrected chi connectivity index (χ2v) is 22.5. The summed E-state index contributed by atoms with van der Waals surface area (Å²) >= 11 is 8.77. The van der Waals surface area contributed by atoms with E-state index in [4.69, 9.17) is 17.2 Å². The van der Waals surface area contributed by atoms with Gasteiger partial charge in [0.05, 0.1) is 6.04 Å². The molecule has 458 valence electrons. The van der Waals surface area contributed by atoms with Crippen LogP contribution < -0.4 is 54.4 Å². The fourth-order valence-electron chi connectivity index (χ4n) is 10.3. The van der Waals surface area contributed by atoms with Gasteiger partial charge < -0.3 is 64.5 Å². The van der Waals surface area contributed by atoms with Crippen LogP contribution in [-0.2, 0) is 57.6 Å². The number of fused-ring (bicyclic) bond motifs is 2. The second-order valence-electron chi connectivity index (χ2n) is 21.8. The van der Waals surface area contributed by atoms with Gasteiger partial charge in [-0.15, -0.1) is 0 Å². The Kier molecular flexibility index (Phi) is 24.3. The van der Waals surface area contributed by atoms with Crippen molar-refractivity contribution in [1.29, 1.82) is 0 Å². The number of phenolic OH excluding ortho intramolecular Hbond substituents is 1. The number of carbonyl (C=O) groups excluding carboxylic acids is 8. The van der Waals surface area contributed by atoms with Gasteiger partial charge in [0.25, 0.3) is 0 Å². The van der Waals surface area contributed by atoms with Gasteiger partial charge in [0.2, 0.25) is 47.3 Å². The van der Waals surface area contributed by atoms with Crippen molar-refractivity contribution in [3.63, 3.8) is 0 Å². The molecule has 22 heteroatoms. The van der Waals surface area contributed by atoms with Crippen LogP contribution in [0, 0.1) is 5.92 Å². The van der Waals surface area contributed by atoms with Crippen LogP contribution in [0.2, 0.25) is 0 Å². The highest BCUT2D eigenvalue weighted by Crippen LogP contribution is 2.29. The Bertz CT molecular complexity index is 3440. The second kappa shape index (κ2) is 32.2. The van der Waals surface area contributed by atoms with Crippen LogP contribution in [0.15, 0.2) is 158 Å². The van der Waals surface area contributed by atoms with E-state index in [2.05, 4.69) is 67.5 Å². The van der Waals surface area contributed by atoms with Crippen LogP contribution in [0.25, 0.3) is 21.7 Å². The molecule has 0 spiro atoms. The largest absolute Gasteiger partial charge is 0.508 e. The standard InChI is InChI=1S/C65H77N11O9S2/c1-38(2)56(65(85)74-54(37-87)64(84)76-57(58(68)78)55(42-16-5-3-6-17-42)43-18-7-4-8-19-43)75-60(80)50(23-13-14-30-66)70-62(82)52(34-45-35-69-49-22-12-11-21-47(45)49)72-61(81)51(33-39-25-28-46(77)29-26-39)71-63(83)53(36-86)73-59(79)48(67)32-40-24-27-41-15-9-10-20-44(41)31-40/h3-12,15-22,24-29,31,35,38,48,50-57,69,77,86-87H,13-14,23,30,32-34,36-37,66-67H2,1-2H3,(H2,68,78)(H,70,82)(H,71,83)(H,72,81)(H,73,79)(H,74,85)(H,75,80)(H,76,84)/t48-,50-,51-,52+,53+,54-,56-,57+/m0/s1. The number of primary amides is 1. The van der Waals surface area contributed by atoms with Crippen LogP contribution >= 0.6 is 25.3 Å². The molecule has 0 fully saturated rings. The van der Waals surface area contributed by atoms with Gasteiger partial charge in [-0.1, -0.05) is 147 Å². The summed E-state index contributed by atoms with van der Waals surface area (Å²) in [6, 6.07) is 34.7. The van der Waals surface area contributed by atoms with Crippen LogP contribution in [0.4, 0.5) is 0 Å². The monoisotopic (exact) mass is 1220 g/mol. The summed E-state index contributed by atoms with van der Waals surface area (Å²) < 4.78 is 0. The molecule has 0 saturated carbocycles.